The first kappa shape index (κ1) is 18.1. The number of amides is 2. The smallest absolute Gasteiger partial charge is 0.416 e. The van der Waals surface area contributed by atoms with Gasteiger partial charge in [0.15, 0.2) is 0 Å². The number of ether oxygens (including phenoxy) is 1. The molecule has 0 unspecified atom stereocenters. The molecule has 2 rings (SSSR count). The van der Waals surface area contributed by atoms with Gasteiger partial charge in [0.05, 0.1) is 17.6 Å². The SMILES string of the molecule is COC(=O)[C@H](C)N1C(=O)S/C(=C/c2cccc(C(F)(F)F)c2)C1=O. The number of methoxy groups -OCH3 is 1. The number of esters is 1. The second kappa shape index (κ2) is 6.68. The predicted octanol–water partition coefficient (Wildman–Crippen LogP) is 3.30. The van der Waals surface area contributed by atoms with Crippen molar-refractivity contribution in [3.8, 4) is 0 Å². The fourth-order valence-electron chi connectivity index (χ4n) is 2.05. The molecule has 2 amide bonds. The molecule has 1 atom stereocenters. The highest BCUT2D eigenvalue weighted by atomic mass is 32.2. The summed E-state index contributed by atoms with van der Waals surface area (Å²) in [5, 5.41) is -0.684. The van der Waals surface area contributed by atoms with Crippen LogP contribution in [0.1, 0.15) is 18.1 Å². The molecule has 1 aliphatic rings. The highest BCUT2D eigenvalue weighted by molar-refractivity contribution is 8.18. The average Bonchev–Trinajstić information content (AvgIpc) is 2.79. The van der Waals surface area contributed by atoms with E-state index in [4.69, 9.17) is 0 Å². The Labute approximate surface area is 139 Å². The number of nitrogens with zero attached hydrogens (tertiary/aromatic N) is 1. The number of thioether (sulfide) groups is 1. The third-order valence-electron chi connectivity index (χ3n) is 3.26. The molecule has 0 aliphatic carbocycles. The highest BCUT2D eigenvalue weighted by Gasteiger charge is 2.41. The maximum absolute atomic E-state index is 12.7. The van der Waals surface area contributed by atoms with Crippen LogP contribution in [0, 0.1) is 0 Å². The number of carbonyl (C=O) groups is 3. The van der Waals surface area contributed by atoms with Gasteiger partial charge in [-0.1, -0.05) is 12.1 Å². The summed E-state index contributed by atoms with van der Waals surface area (Å²) < 4.78 is 42.6. The summed E-state index contributed by atoms with van der Waals surface area (Å²) in [6.45, 7) is 1.33. The molecule has 0 bridgehead atoms. The van der Waals surface area contributed by atoms with Crippen LogP contribution in [0.5, 0.6) is 0 Å². The first-order valence-electron chi connectivity index (χ1n) is 6.67. The van der Waals surface area contributed by atoms with Crippen molar-refractivity contribution in [1.29, 1.82) is 0 Å². The molecular weight excluding hydrogens is 347 g/mol. The lowest BCUT2D eigenvalue weighted by Gasteiger charge is -2.18. The maximum Gasteiger partial charge on any atom is 0.416 e. The van der Waals surface area contributed by atoms with Crippen LogP contribution in [-0.2, 0) is 20.5 Å². The molecule has 1 aromatic rings. The van der Waals surface area contributed by atoms with Gasteiger partial charge in [-0.15, -0.1) is 0 Å². The van der Waals surface area contributed by atoms with Crippen molar-refractivity contribution in [2.24, 2.45) is 0 Å². The largest absolute Gasteiger partial charge is 0.467 e. The standard InChI is InChI=1S/C15H12F3NO4S/c1-8(13(21)23-2)19-12(20)11(24-14(19)22)7-9-4-3-5-10(6-9)15(16,17)18/h3-8H,1-2H3/b11-7+/t8-/m0/s1. The average molecular weight is 359 g/mol. The van der Waals surface area contributed by atoms with Crippen molar-refractivity contribution >= 4 is 35.0 Å². The van der Waals surface area contributed by atoms with Gasteiger partial charge in [-0.05, 0) is 42.5 Å². The molecule has 0 aromatic heterocycles. The molecule has 128 valence electrons. The van der Waals surface area contributed by atoms with Crippen LogP contribution in [0.2, 0.25) is 0 Å². The molecule has 1 heterocycles. The molecule has 1 aromatic carbocycles. The highest BCUT2D eigenvalue weighted by Crippen LogP contribution is 2.35. The van der Waals surface area contributed by atoms with Gasteiger partial charge in [0.2, 0.25) is 0 Å². The summed E-state index contributed by atoms with van der Waals surface area (Å²) in [4.78, 5) is 36.3. The monoisotopic (exact) mass is 359 g/mol. The van der Waals surface area contributed by atoms with Crippen LogP contribution < -0.4 is 0 Å². The quantitative estimate of drug-likeness (QED) is 0.612. The summed E-state index contributed by atoms with van der Waals surface area (Å²) >= 11 is 0.556. The lowest BCUT2D eigenvalue weighted by Crippen LogP contribution is -2.42. The molecule has 9 heteroatoms. The van der Waals surface area contributed by atoms with Crippen LogP contribution in [0.15, 0.2) is 29.2 Å². The molecule has 1 saturated heterocycles. The molecular formula is C15H12F3NO4S. The Kier molecular flexibility index (Phi) is 5.02. The Balaban J connectivity index is 2.31. The minimum atomic E-state index is -4.51. The van der Waals surface area contributed by atoms with Crippen molar-refractivity contribution in [2.75, 3.05) is 7.11 Å². The predicted molar refractivity (Wildman–Crippen MR) is 80.7 cm³/mol. The number of halogens is 3. The first-order chi connectivity index (χ1) is 11.1. The van der Waals surface area contributed by atoms with Crippen LogP contribution in [0.3, 0.4) is 0 Å². The van der Waals surface area contributed by atoms with Gasteiger partial charge >= 0.3 is 12.1 Å². The van der Waals surface area contributed by atoms with Gasteiger partial charge < -0.3 is 4.74 Å². The number of benzene rings is 1. The fraction of sp³-hybridized carbons (Fsp3) is 0.267. The van der Waals surface area contributed by atoms with E-state index < -0.39 is 34.9 Å². The van der Waals surface area contributed by atoms with Gasteiger partial charge in [-0.3, -0.25) is 14.5 Å². The van der Waals surface area contributed by atoms with E-state index in [-0.39, 0.29) is 10.5 Å². The van der Waals surface area contributed by atoms with Crippen molar-refractivity contribution < 1.29 is 32.3 Å². The van der Waals surface area contributed by atoms with E-state index in [9.17, 15) is 27.6 Å². The van der Waals surface area contributed by atoms with Crippen LogP contribution in [-0.4, -0.2) is 35.2 Å². The van der Waals surface area contributed by atoms with E-state index in [0.29, 0.717) is 11.8 Å². The van der Waals surface area contributed by atoms with Crippen molar-refractivity contribution in [2.45, 2.75) is 19.1 Å². The van der Waals surface area contributed by atoms with Crippen molar-refractivity contribution in [3.05, 3.63) is 40.3 Å². The lowest BCUT2D eigenvalue weighted by molar-refractivity contribution is -0.148. The van der Waals surface area contributed by atoms with E-state index in [1.807, 2.05) is 0 Å². The second-order valence-corrected chi connectivity index (χ2v) is 5.87. The number of hydrogen-bond acceptors (Lipinski definition) is 5. The Hall–Kier alpha value is -2.29. The molecule has 0 saturated carbocycles. The topological polar surface area (TPSA) is 63.7 Å². The Morgan fingerprint density at radius 1 is 1.33 bits per heavy atom. The molecule has 1 aliphatic heterocycles. The third kappa shape index (κ3) is 3.61. The zero-order valence-corrected chi connectivity index (χ0v) is 13.4. The van der Waals surface area contributed by atoms with E-state index in [1.54, 1.807) is 0 Å². The molecule has 0 N–H and O–H groups in total. The number of hydrogen-bond donors (Lipinski definition) is 0. The van der Waals surface area contributed by atoms with Crippen molar-refractivity contribution in [3.63, 3.8) is 0 Å². The van der Waals surface area contributed by atoms with Crippen LogP contribution in [0.4, 0.5) is 18.0 Å². The Morgan fingerprint density at radius 3 is 2.58 bits per heavy atom. The lowest BCUT2D eigenvalue weighted by atomic mass is 10.1. The molecule has 0 radical (unpaired) electrons. The fourth-order valence-corrected chi connectivity index (χ4v) is 2.95. The number of imide groups is 1. The Bertz CT molecular complexity index is 730. The van der Waals surface area contributed by atoms with Gasteiger partial charge in [0, 0.05) is 0 Å². The Morgan fingerprint density at radius 2 is 2.00 bits per heavy atom. The van der Waals surface area contributed by atoms with Gasteiger partial charge in [0.1, 0.15) is 6.04 Å². The summed E-state index contributed by atoms with van der Waals surface area (Å²) in [7, 11) is 1.12. The normalized spacial score (nSPS) is 18.2. The van der Waals surface area contributed by atoms with Crippen LogP contribution >= 0.6 is 11.8 Å². The summed E-state index contributed by atoms with van der Waals surface area (Å²) in [6, 6.07) is 3.25. The third-order valence-corrected chi connectivity index (χ3v) is 4.15. The van der Waals surface area contributed by atoms with Gasteiger partial charge in [-0.2, -0.15) is 13.2 Å². The molecule has 24 heavy (non-hydrogen) atoms. The zero-order chi connectivity index (χ0) is 18.1. The van der Waals surface area contributed by atoms with Crippen molar-refractivity contribution in [1.82, 2.24) is 4.90 Å². The first-order valence-corrected chi connectivity index (χ1v) is 7.49. The molecule has 1 fully saturated rings. The van der Waals surface area contributed by atoms with E-state index >= 15 is 0 Å². The summed E-state index contributed by atoms with van der Waals surface area (Å²) in [5.74, 6) is -1.52. The zero-order valence-electron chi connectivity index (χ0n) is 12.6. The minimum absolute atomic E-state index is 0.0601. The van der Waals surface area contributed by atoms with E-state index in [2.05, 4.69) is 4.74 Å². The number of carbonyl (C=O) groups excluding carboxylic acids is 3. The molecule has 0 spiro atoms. The number of alkyl halides is 3. The van der Waals surface area contributed by atoms with Gasteiger partial charge in [-0.25, -0.2) is 4.79 Å². The van der Waals surface area contributed by atoms with E-state index in [0.717, 1.165) is 24.1 Å². The summed E-state index contributed by atoms with van der Waals surface area (Å²) in [6.07, 6.45) is -3.33. The summed E-state index contributed by atoms with van der Waals surface area (Å²) in [5.41, 5.74) is -0.737. The van der Waals surface area contributed by atoms with Crippen LogP contribution in [0.25, 0.3) is 6.08 Å². The maximum atomic E-state index is 12.7. The number of rotatable bonds is 3. The minimum Gasteiger partial charge on any atom is -0.467 e. The van der Waals surface area contributed by atoms with Gasteiger partial charge in [0.25, 0.3) is 11.1 Å². The second-order valence-electron chi connectivity index (χ2n) is 4.87. The molecule has 5 nitrogen and oxygen atoms in total. The van der Waals surface area contributed by atoms with E-state index in [1.165, 1.54) is 25.1 Å².